The minimum atomic E-state index is -0.182. The van der Waals surface area contributed by atoms with Crippen molar-refractivity contribution >= 4 is 11.8 Å². The lowest BCUT2D eigenvalue weighted by Crippen LogP contribution is -2.45. The number of amides is 2. The molecule has 0 aromatic carbocycles. The second-order valence-electron chi connectivity index (χ2n) is 6.23. The van der Waals surface area contributed by atoms with Crippen LogP contribution in [-0.2, 0) is 9.59 Å². The summed E-state index contributed by atoms with van der Waals surface area (Å²) in [4.78, 5) is 23.0. The van der Waals surface area contributed by atoms with Gasteiger partial charge in [0.15, 0.2) is 0 Å². The van der Waals surface area contributed by atoms with Gasteiger partial charge in [0, 0.05) is 18.0 Å². The van der Waals surface area contributed by atoms with Gasteiger partial charge in [-0.15, -0.1) is 0 Å². The Hall–Kier alpha value is -1.10. The molecule has 0 spiro atoms. The number of primary amides is 1. The molecule has 0 saturated heterocycles. The van der Waals surface area contributed by atoms with Crippen LogP contribution in [-0.4, -0.2) is 30.4 Å². The van der Waals surface area contributed by atoms with Crippen LogP contribution in [0.5, 0.6) is 0 Å². The second kappa shape index (κ2) is 7.62. The maximum Gasteiger partial charge on any atom is 0.234 e. The molecule has 0 aliphatic heterocycles. The smallest absolute Gasteiger partial charge is 0.234 e. The van der Waals surface area contributed by atoms with Crippen LogP contribution in [0.2, 0.25) is 0 Å². The molecule has 2 saturated carbocycles. The maximum atomic E-state index is 11.9. The van der Waals surface area contributed by atoms with Gasteiger partial charge in [-0.05, 0) is 38.5 Å². The fraction of sp³-hybridized carbons (Fsp3) is 0.867. The van der Waals surface area contributed by atoms with Crippen LogP contribution in [0.3, 0.4) is 0 Å². The highest BCUT2D eigenvalue weighted by Gasteiger charge is 2.24. The summed E-state index contributed by atoms with van der Waals surface area (Å²) in [5.41, 5.74) is 5.32. The van der Waals surface area contributed by atoms with Gasteiger partial charge < -0.3 is 16.4 Å². The molecule has 0 atom stereocenters. The van der Waals surface area contributed by atoms with E-state index in [9.17, 15) is 9.59 Å². The lowest BCUT2D eigenvalue weighted by atomic mass is 9.85. The van der Waals surface area contributed by atoms with Crippen molar-refractivity contribution in [2.75, 3.05) is 6.54 Å². The van der Waals surface area contributed by atoms with Gasteiger partial charge in [0.05, 0.1) is 6.54 Å². The van der Waals surface area contributed by atoms with Gasteiger partial charge in [-0.2, -0.15) is 0 Å². The highest BCUT2D eigenvalue weighted by atomic mass is 16.2. The zero-order valence-corrected chi connectivity index (χ0v) is 12.2. The summed E-state index contributed by atoms with van der Waals surface area (Å²) in [6, 6.07) is 0.728. The van der Waals surface area contributed by atoms with E-state index in [1.54, 1.807) is 0 Å². The van der Waals surface area contributed by atoms with Crippen molar-refractivity contribution in [3.8, 4) is 0 Å². The largest absolute Gasteiger partial charge is 0.369 e. The molecule has 2 aliphatic carbocycles. The molecule has 0 aromatic rings. The molecule has 2 amide bonds. The number of carbonyl (C=O) groups is 2. The quantitative estimate of drug-likeness (QED) is 0.704. The van der Waals surface area contributed by atoms with Crippen LogP contribution in [0.1, 0.15) is 57.8 Å². The summed E-state index contributed by atoms with van der Waals surface area (Å²) in [5, 5.41) is 6.42. The van der Waals surface area contributed by atoms with Gasteiger partial charge in [0.25, 0.3) is 0 Å². The Kier molecular flexibility index (Phi) is 5.83. The molecule has 114 valence electrons. The van der Waals surface area contributed by atoms with E-state index in [0.717, 1.165) is 38.5 Å². The minimum Gasteiger partial charge on any atom is -0.369 e. The molecular formula is C15H27N3O2. The summed E-state index contributed by atoms with van der Waals surface area (Å²) >= 11 is 0. The first-order valence-corrected chi connectivity index (χ1v) is 7.97. The Morgan fingerprint density at radius 1 is 0.900 bits per heavy atom. The zero-order valence-electron chi connectivity index (χ0n) is 12.2. The summed E-state index contributed by atoms with van der Waals surface area (Å²) in [6.07, 6.45) is 9.56. The van der Waals surface area contributed by atoms with E-state index < -0.39 is 0 Å². The Morgan fingerprint density at radius 2 is 1.55 bits per heavy atom. The Labute approximate surface area is 121 Å². The van der Waals surface area contributed by atoms with E-state index >= 15 is 0 Å². The first-order valence-electron chi connectivity index (χ1n) is 7.97. The van der Waals surface area contributed by atoms with E-state index in [1.807, 2.05) is 0 Å². The third-order valence-corrected chi connectivity index (χ3v) is 4.65. The molecule has 0 radical (unpaired) electrons. The van der Waals surface area contributed by atoms with Crippen molar-refractivity contribution in [3.63, 3.8) is 0 Å². The van der Waals surface area contributed by atoms with Crippen LogP contribution >= 0.6 is 0 Å². The molecule has 20 heavy (non-hydrogen) atoms. The molecule has 0 unspecified atom stereocenters. The van der Waals surface area contributed by atoms with Crippen molar-refractivity contribution in [1.29, 1.82) is 0 Å². The van der Waals surface area contributed by atoms with Crippen molar-refractivity contribution < 1.29 is 9.59 Å². The van der Waals surface area contributed by atoms with Gasteiger partial charge >= 0.3 is 0 Å². The van der Waals surface area contributed by atoms with Crippen LogP contribution in [0.15, 0.2) is 0 Å². The summed E-state index contributed by atoms with van der Waals surface area (Å²) in [6.45, 7) is 0.391. The predicted octanol–water partition coefficient (Wildman–Crippen LogP) is 1.07. The van der Waals surface area contributed by atoms with E-state index in [-0.39, 0.29) is 17.7 Å². The number of nitrogens with two attached hydrogens (primary N) is 1. The van der Waals surface area contributed by atoms with Crippen LogP contribution in [0.4, 0.5) is 0 Å². The van der Waals surface area contributed by atoms with E-state index in [1.165, 1.54) is 19.3 Å². The maximum absolute atomic E-state index is 11.9. The standard InChI is InChI=1S/C15H27N3O2/c16-15(20)11-6-8-12(9-7-11)17-10-14(19)18-13-4-2-1-3-5-13/h11-13,17H,1-10H2,(H2,16,20)(H,18,19). The number of hydrogen-bond donors (Lipinski definition) is 3. The molecule has 2 rings (SSSR count). The zero-order chi connectivity index (χ0) is 14.4. The Morgan fingerprint density at radius 3 is 2.15 bits per heavy atom. The molecule has 2 fully saturated rings. The van der Waals surface area contributed by atoms with Crippen LogP contribution in [0.25, 0.3) is 0 Å². The van der Waals surface area contributed by atoms with Crippen molar-refractivity contribution in [2.45, 2.75) is 69.9 Å². The average Bonchev–Trinajstić information content (AvgIpc) is 2.46. The lowest BCUT2D eigenvalue weighted by Gasteiger charge is -2.28. The highest BCUT2D eigenvalue weighted by molar-refractivity contribution is 5.78. The fourth-order valence-corrected chi connectivity index (χ4v) is 3.34. The molecule has 0 bridgehead atoms. The van der Waals surface area contributed by atoms with E-state index in [0.29, 0.717) is 18.6 Å². The topological polar surface area (TPSA) is 84.2 Å². The van der Waals surface area contributed by atoms with Crippen molar-refractivity contribution in [3.05, 3.63) is 0 Å². The summed E-state index contributed by atoms with van der Waals surface area (Å²) in [5.74, 6) is -0.0449. The third kappa shape index (κ3) is 4.78. The normalized spacial score (nSPS) is 28.0. The second-order valence-corrected chi connectivity index (χ2v) is 6.23. The monoisotopic (exact) mass is 281 g/mol. The van der Waals surface area contributed by atoms with E-state index in [2.05, 4.69) is 10.6 Å². The van der Waals surface area contributed by atoms with Crippen molar-refractivity contribution in [1.82, 2.24) is 10.6 Å². The van der Waals surface area contributed by atoms with Crippen LogP contribution in [0, 0.1) is 5.92 Å². The Bertz CT molecular complexity index is 332. The molecule has 5 nitrogen and oxygen atoms in total. The molecule has 4 N–H and O–H groups in total. The van der Waals surface area contributed by atoms with Crippen molar-refractivity contribution in [2.24, 2.45) is 11.7 Å². The van der Waals surface area contributed by atoms with Gasteiger partial charge in [-0.3, -0.25) is 9.59 Å². The summed E-state index contributed by atoms with van der Waals surface area (Å²) < 4.78 is 0. The molecular weight excluding hydrogens is 254 g/mol. The Balaban J connectivity index is 1.60. The van der Waals surface area contributed by atoms with Gasteiger partial charge in [0.1, 0.15) is 0 Å². The summed E-state index contributed by atoms with van der Waals surface area (Å²) in [7, 11) is 0. The number of hydrogen-bond acceptors (Lipinski definition) is 3. The number of carbonyl (C=O) groups excluding carboxylic acids is 2. The molecule has 2 aliphatic rings. The predicted molar refractivity (Wildman–Crippen MR) is 78.0 cm³/mol. The average molecular weight is 281 g/mol. The van der Waals surface area contributed by atoms with E-state index in [4.69, 9.17) is 5.73 Å². The van der Waals surface area contributed by atoms with Gasteiger partial charge in [-0.25, -0.2) is 0 Å². The first kappa shape index (κ1) is 15.3. The molecule has 0 aromatic heterocycles. The SMILES string of the molecule is NC(=O)C1CCC(NCC(=O)NC2CCCCC2)CC1. The minimum absolute atomic E-state index is 0.0316. The third-order valence-electron chi connectivity index (χ3n) is 4.65. The highest BCUT2D eigenvalue weighted by Crippen LogP contribution is 2.23. The first-order chi connectivity index (χ1) is 9.65. The fourth-order valence-electron chi connectivity index (χ4n) is 3.34. The number of rotatable bonds is 5. The van der Waals surface area contributed by atoms with Crippen LogP contribution < -0.4 is 16.4 Å². The molecule has 5 heteroatoms. The van der Waals surface area contributed by atoms with Gasteiger partial charge in [0.2, 0.25) is 11.8 Å². The van der Waals surface area contributed by atoms with Gasteiger partial charge in [-0.1, -0.05) is 19.3 Å². The molecule has 0 heterocycles. The lowest BCUT2D eigenvalue weighted by molar-refractivity contribution is -0.123. The number of nitrogens with one attached hydrogen (secondary N) is 2.